The van der Waals surface area contributed by atoms with Crippen LogP contribution in [0.25, 0.3) is 0 Å². The zero-order valence-electron chi connectivity index (χ0n) is 10.7. The summed E-state index contributed by atoms with van der Waals surface area (Å²) < 4.78 is 4.93. The fourth-order valence-electron chi connectivity index (χ4n) is 3.48. The van der Waals surface area contributed by atoms with Gasteiger partial charge in [-0.15, -0.1) is 0 Å². The predicted octanol–water partition coefficient (Wildman–Crippen LogP) is 1.05. The molecule has 0 radical (unpaired) electrons. The predicted molar refractivity (Wildman–Crippen MR) is 66.5 cm³/mol. The lowest BCUT2D eigenvalue weighted by molar-refractivity contribution is -0.124. The minimum Gasteiger partial charge on any atom is -0.384 e. The van der Waals surface area contributed by atoms with Gasteiger partial charge < -0.3 is 15.8 Å². The molecule has 0 heterocycles. The summed E-state index contributed by atoms with van der Waals surface area (Å²) in [6, 6.07) is 0.713. The quantitative estimate of drug-likeness (QED) is 0.772. The Morgan fingerprint density at radius 1 is 1.35 bits per heavy atom. The van der Waals surface area contributed by atoms with Crippen LogP contribution in [0.4, 0.5) is 0 Å². The first-order valence-electron chi connectivity index (χ1n) is 6.74. The summed E-state index contributed by atoms with van der Waals surface area (Å²) in [4.78, 5) is 11.8. The van der Waals surface area contributed by atoms with Crippen LogP contribution in [0.2, 0.25) is 0 Å². The zero-order valence-corrected chi connectivity index (χ0v) is 10.7. The van der Waals surface area contributed by atoms with Gasteiger partial charge in [-0.2, -0.15) is 0 Å². The molecule has 2 unspecified atom stereocenters. The van der Waals surface area contributed by atoms with Crippen molar-refractivity contribution < 1.29 is 9.53 Å². The van der Waals surface area contributed by atoms with Crippen molar-refractivity contribution in [2.45, 2.75) is 50.6 Å². The van der Waals surface area contributed by atoms with Crippen LogP contribution in [0.15, 0.2) is 0 Å². The second-order valence-corrected chi connectivity index (χ2v) is 5.52. The highest BCUT2D eigenvalue weighted by atomic mass is 16.5. The molecule has 4 nitrogen and oxygen atoms in total. The number of amides is 1. The van der Waals surface area contributed by atoms with E-state index in [2.05, 4.69) is 5.32 Å². The smallest absolute Gasteiger partial charge is 0.222 e. The molecular weight excluding hydrogens is 216 g/mol. The lowest BCUT2D eigenvalue weighted by Crippen LogP contribution is -2.53. The maximum absolute atomic E-state index is 11.8. The molecule has 2 aliphatic carbocycles. The third kappa shape index (κ3) is 3.19. The van der Waals surface area contributed by atoms with Gasteiger partial charge in [-0.25, -0.2) is 0 Å². The Morgan fingerprint density at radius 2 is 2.00 bits per heavy atom. The van der Waals surface area contributed by atoms with E-state index in [1.165, 1.54) is 19.3 Å². The maximum Gasteiger partial charge on any atom is 0.222 e. The van der Waals surface area contributed by atoms with Gasteiger partial charge in [0.05, 0.1) is 6.61 Å². The van der Waals surface area contributed by atoms with E-state index in [0.717, 1.165) is 12.8 Å². The molecule has 98 valence electrons. The highest BCUT2D eigenvalue weighted by molar-refractivity contribution is 5.76. The van der Waals surface area contributed by atoms with Gasteiger partial charge in [0, 0.05) is 25.6 Å². The van der Waals surface area contributed by atoms with Crippen LogP contribution in [0, 0.1) is 11.8 Å². The molecule has 2 aliphatic rings. The van der Waals surface area contributed by atoms with Crippen LogP contribution in [0.3, 0.4) is 0 Å². The third-order valence-corrected chi connectivity index (χ3v) is 4.24. The number of methoxy groups -OCH3 is 1. The molecule has 0 aliphatic heterocycles. The number of nitrogens with two attached hydrogens (primary N) is 1. The Labute approximate surface area is 103 Å². The number of ether oxygens (including phenoxy) is 1. The van der Waals surface area contributed by atoms with E-state index in [0.29, 0.717) is 36.9 Å². The van der Waals surface area contributed by atoms with Crippen LogP contribution >= 0.6 is 0 Å². The van der Waals surface area contributed by atoms with Gasteiger partial charge in [-0.3, -0.25) is 4.79 Å². The Morgan fingerprint density at radius 3 is 2.59 bits per heavy atom. The van der Waals surface area contributed by atoms with E-state index >= 15 is 0 Å². The first kappa shape index (κ1) is 12.8. The Bertz CT molecular complexity index is 256. The number of carbonyl (C=O) groups excluding carboxylic acids is 1. The molecule has 0 saturated heterocycles. The van der Waals surface area contributed by atoms with E-state index < -0.39 is 0 Å². The second kappa shape index (κ2) is 5.83. The summed E-state index contributed by atoms with van der Waals surface area (Å²) in [7, 11) is 1.63. The molecule has 2 bridgehead atoms. The van der Waals surface area contributed by atoms with E-state index in [4.69, 9.17) is 10.5 Å². The van der Waals surface area contributed by atoms with Crippen molar-refractivity contribution in [3.63, 3.8) is 0 Å². The van der Waals surface area contributed by atoms with E-state index in [9.17, 15) is 4.79 Å². The van der Waals surface area contributed by atoms with Crippen molar-refractivity contribution >= 4 is 5.91 Å². The van der Waals surface area contributed by atoms with Gasteiger partial charge in [0.15, 0.2) is 0 Å². The summed E-state index contributed by atoms with van der Waals surface area (Å²) in [5.74, 6) is 1.33. The minimum absolute atomic E-state index is 0.129. The van der Waals surface area contributed by atoms with Gasteiger partial charge in [0.25, 0.3) is 0 Å². The van der Waals surface area contributed by atoms with Gasteiger partial charge in [0.2, 0.25) is 5.91 Å². The van der Waals surface area contributed by atoms with Gasteiger partial charge in [0.1, 0.15) is 0 Å². The number of hydrogen-bond acceptors (Lipinski definition) is 3. The topological polar surface area (TPSA) is 64.3 Å². The van der Waals surface area contributed by atoms with E-state index in [1.807, 2.05) is 0 Å². The summed E-state index contributed by atoms with van der Waals surface area (Å²) in [5.41, 5.74) is 6.07. The van der Waals surface area contributed by atoms with Crippen molar-refractivity contribution in [3.8, 4) is 0 Å². The summed E-state index contributed by atoms with van der Waals surface area (Å²) >= 11 is 0. The van der Waals surface area contributed by atoms with Crippen molar-refractivity contribution in [1.82, 2.24) is 5.32 Å². The van der Waals surface area contributed by atoms with Gasteiger partial charge >= 0.3 is 0 Å². The second-order valence-electron chi connectivity index (χ2n) is 5.52. The van der Waals surface area contributed by atoms with Gasteiger partial charge in [-0.05, 0) is 37.5 Å². The highest BCUT2D eigenvalue weighted by Crippen LogP contribution is 2.39. The van der Waals surface area contributed by atoms with Crippen LogP contribution in [0.5, 0.6) is 0 Å². The van der Waals surface area contributed by atoms with E-state index in [-0.39, 0.29) is 5.91 Å². The summed E-state index contributed by atoms with van der Waals surface area (Å²) in [5, 5.41) is 3.20. The third-order valence-electron chi connectivity index (χ3n) is 4.24. The lowest BCUT2D eigenvalue weighted by atomic mass is 9.67. The summed E-state index contributed by atoms with van der Waals surface area (Å²) in [6.45, 7) is 0.507. The fourth-order valence-corrected chi connectivity index (χ4v) is 3.48. The standard InChI is InChI=1S/C13H24N2O2/c1-17-6-5-12(16)15-13-9-3-2-4-10(13)8-11(14)7-9/h9-11,13H,2-8,14H2,1H3,(H,15,16). The molecule has 4 heteroatoms. The molecule has 0 aromatic rings. The molecule has 2 atom stereocenters. The number of rotatable bonds is 4. The van der Waals surface area contributed by atoms with Crippen molar-refractivity contribution in [2.75, 3.05) is 13.7 Å². The Balaban J connectivity index is 1.89. The normalized spacial score (nSPS) is 36.6. The molecule has 3 N–H and O–H groups in total. The first-order chi connectivity index (χ1) is 8.20. The molecule has 17 heavy (non-hydrogen) atoms. The molecule has 0 aromatic heterocycles. The molecule has 1 amide bonds. The minimum atomic E-state index is 0.129. The molecule has 2 rings (SSSR count). The fraction of sp³-hybridized carbons (Fsp3) is 0.923. The highest BCUT2D eigenvalue weighted by Gasteiger charge is 2.39. The number of carbonyl (C=O) groups is 1. The molecule has 0 aromatic carbocycles. The number of fused-ring (bicyclic) bond motifs is 2. The average Bonchev–Trinajstić information content (AvgIpc) is 2.27. The summed E-state index contributed by atoms with van der Waals surface area (Å²) in [6.07, 6.45) is 6.36. The SMILES string of the molecule is COCCC(=O)NC1C2CCCC1CC(N)C2. The monoisotopic (exact) mass is 240 g/mol. The van der Waals surface area contributed by atoms with Gasteiger partial charge in [-0.1, -0.05) is 6.42 Å². The van der Waals surface area contributed by atoms with Crippen LogP contribution in [-0.4, -0.2) is 31.7 Å². The molecular formula is C13H24N2O2. The average molecular weight is 240 g/mol. The van der Waals surface area contributed by atoms with Crippen LogP contribution in [-0.2, 0) is 9.53 Å². The largest absolute Gasteiger partial charge is 0.384 e. The Kier molecular flexibility index (Phi) is 4.40. The van der Waals surface area contributed by atoms with Crippen molar-refractivity contribution in [1.29, 1.82) is 0 Å². The van der Waals surface area contributed by atoms with Crippen molar-refractivity contribution in [2.24, 2.45) is 17.6 Å². The van der Waals surface area contributed by atoms with Crippen LogP contribution in [0.1, 0.15) is 38.5 Å². The van der Waals surface area contributed by atoms with Crippen LogP contribution < -0.4 is 11.1 Å². The molecule has 2 fully saturated rings. The molecule has 0 spiro atoms. The first-order valence-corrected chi connectivity index (χ1v) is 6.74. The number of hydrogen-bond donors (Lipinski definition) is 2. The zero-order chi connectivity index (χ0) is 12.3. The maximum atomic E-state index is 11.8. The lowest BCUT2D eigenvalue weighted by Gasteiger charge is -2.45. The molecule has 2 saturated carbocycles. The Hall–Kier alpha value is -0.610. The van der Waals surface area contributed by atoms with Crippen molar-refractivity contribution in [3.05, 3.63) is 0 Å². The van der Waals surface area contributed by atoms with E-state index in [1.54, 1.807) is 7.11 Å². The number of nitrogens with one attached hydrogen (secondary N) is 1.